The van der Waals surface area contributed by atoms with Crippen LogP contribution in [-0.4, -0.2) is 23.3 Å². The molecule has 16 heavy (non-hydrogen) atoms. The molecule has 1 atom stereocenters. The second kappa shape index (κ2) is 7.31. The van der Waals surface area contributed by atoms with Crippen molar-refractivity contribution in [2.75, 3.05) is 12.3 Å². The third-order valence-electron chi connectivity index (χ3n) is 2.03. The van der Waals surface area contributed by atoms with Crippen LogP contribution in [0.15, 0.2) is 15.9 Å². The Hall–Kier alpha value is -0.990. The summed E-state index contributed by atoms with van der Waals surface area (Å²) in [5.74, 6) is 0.842. The van der Waals surface area contributed by atoms with Crippen molar-refractivity contribution in [1.29, 1.82) is 5.26 Å². The van der Waals surface area contributed by atoms with Crippen LogP contribution >= 0.6 is 11.8 Å². The van der Waals surface area contributed by atoms with Crippen LogP contribution in [0.5, 0.6) is 0 Å². The first-order valence-electron chi connectivity index (χ1n) is 5.44. The fourth-order valence-corrected chi connectivity index (χ4v) is 2.05. The monoisotopic (exact) mass is 239 g/mol. The Balaban J connectivity index is 2.21. The van der Waals surface area contributed by atoms with E-state index in [1.807, 2.05) is 6.92 Å². The minimum Gasteiger partial charge on any atom is -0.440 e. The maximum absolute atomic E-state index is 8.89. The van der Waals surface area contributed by atoms with Crippen LogP contribution in [0.1, 0.15) is 25.5 Å². The zero-order valence-corrected chi connectivity index (χ0v) is 10.5. The molecule has 0 aliphatic heterocycles. The fraction of sp³-hybridized carbons (Fsp3) is 0.636. The van der Waals surface area contributed by atoms with E-state index in [-0.39, 0.29) is 6.04 Å². The van der Waals surface area contributed by atoms with E-state index in [1.165, 1.54) is 0 Å². The van der Waals surface area contributed by atoms with E-state index < -0.39 is 0 Å². The molecule has 0 fully saturated rings. The quantitative estimate of drug-likeness (QED) is 0.740. The SMILES string of the molecule is CCCNC(C#N)CCSc1nc(C)co1. The van der Waals surface area contributed by atoms with Crippen molar-refractivity contribution in [3.63, 3.8) is 0 Å². The molecular formula is C11H17N3OS. The lowest BCUT2D eigenvalue weighted by Gasteiger charge is -2.08. The van der Waals surface area contributed by atoms with Crippen molar-refractivity contribution < 1.29 is 4.42 Å². The molecule has 1 aromatic heterocycles. The minimum absolute atomic E-state index is 0.0662. The fourth-order valence-electron chi connectivity index (χ4n) is 1.19. The van der Waals surface area contributed by atoms with Crippen LogP contribution < -0.4 is 5.32 Å². The van der Waals surface area contributed by atoms with Gasteiger partial charge in [0.25, 0.3) is 5.22 Å². The largest absolute Gasteiger partial charge is 0.440 e. The van der Waals surface area contributed by atoms with E-state index in [2.05, 4.69) is 23.3 Å². The van der Waals surface area contributed by atoms with Crippen LogP contribution in [-0.2, 0) is 0 Å². The zero-order chi connectivity index (χ0) is 11.8. The Morgan fingerprint density at radius 1 is 1.69 bits per heavy atom. The van der Waals surface area contributed by atoms with Crippen molar-refractivity contribution >= 4 is 11.8 Å². The highest BCUT2D eigenvalue weighted by molar-refractivity contribution is 7.99. The average Bonchev–Trinajstić information content (AvgIpc) is 2.69. The van der Waals surface area contributed by atoms with E-state index >= 15 is 0 Å². The molecule has 1 heterocycles. The Bertz CT molecular complexity index is 345. The predicted octanol–water partition coefficient (Wildman–Crippen LogP) is 2.36. The minimum atomic E-state index is -0.0662. The summed E-state index contributed by atoms with van der Waals surface area (Å²) in [7, 11) is 0. The van der Waals surface area contributed by atoms with Gasteiger partial charge in [-0.2, -0.15) is 5.26 Å². The zero-order valence-electron chi connectivity index (χ0n) is 9.69. The van der Waals surface area contributed by atoms with E-state index in [0.717, 1.165) is 30.8 Å². The van der Waals surface area contributed by atoms with Gasteiger partial charge >= 0.3 is 0 Å². The van der Waals surface area contributed by atoms with Crippen molar-refractivity contribution in [3.8, 4) is 6.07 Å². The number of aromatic nitrogens is 1. The van der Waals surface area contributed by atoms with Crippen molar-refractivity contribution in [2.45, 2.75) is 38.0 Å². The number of nitrogens with zero attached hydrogens (tertiary/aromatic N) is 2. The van der Waals surface area contributed by atoms with E-state index in [0.29, 0.717) is 5.22 Å². The van der Waals surface area contributed by atoms with E-state index in [1.54, 1.807) is 18.0 Å². The molecule has 0 saturated carbocycles. The number of hydrogen-bond donors (Lipinski definition) is 1. The normalized spacial score (nSPS) is 12.3. The molecular weight excluding hydrogens is 222 g/mol. The maximum atomic E-state index is 8.89. The summed E-state index contributed by atoms with van der Waals surface area (Å²) in [4.78, 5) is 4.19. The van der Waals surface area contributed by atoms with E-state index in [9.17, 15) is 0 Å². The highest BCUT2D eigenvalue weighted by atomic mass is 32.2. The van der Waals surface area contributed by atoms with Crippen molar-refractivity contribution in [3.05, 3.63) is 12.0 Å². The molecule has 1 aromatic rings. The highest BCUT2D eigenvalue weighted by Crippen LogP contribution is 2.18. The average molecular weight is 239 g/mol. The summed E-state index contributed by atoms with van der Waals surface area (Å²) >= 11 is 1.55. The second-order valence-electron chi connectivity index (χ2n) is 3.53. The van der Waals surface area contributed by atoms with Crippen LogP contribution in [0.3, 0.4) is 0 Å². The topological polar surface area (TPSA) is 61.9 Å². The second-order valence-corrected chi connectivity index (χ2v) is 4.57. The predicted molar refractivity (Wildman–Crippen MR) is 64.3 cm³/mol. The molecule has 0 aliphatic rings. The first-order valence-corrected chi connectivity index (χ1v) is 6.42. The first-order chi connectivity index (χ1) is 7.76. The summed E-state index contributed by atoms with van der Waals surface area (Å²) in [6.07, 6.45) is 3.49. The lowest BCUT2D eigenvalue weighted by molar-refractivity contribution is 0.453. The van der Waals surface area contributed by atoms with Gasteiger partial charge in [-0.15, -0.1) is 0 Å². The van der Waals surface area contributed by atoms with Gasteiger partial charge in [-0.05, 0) is 26.3 Å². The number of nitrogens with one attached hydrogen (secondary N) is 1. The van der Waals surface area contributed by atoms with Gasteiger partial charge in [-0.1, -0.05) is 18.7 Å². The summed E-state index contributed by atoms with van der Waals surface area (Å²) in [6.45, 7) is 4.88. The number of oxazole rings is 1. The summed E-state index contributed by atoms with van der Waals surface area (Å²) < 4.78 is 5.21. The molecule has 4 nitrogen and oxygen atoms in total. The van der Waals surface area contributed by atoms with Gasteiger partial charge in [-0.25, -0.2) is 4.98 Å². The standard InChI is InChI=1S/C11H17N3OS/c1-3-5-13-10(7-12)4-6-16-11-14-9(2)8-15-11/h8,10,13H,3-6H2,1-2H3. The molecule has 0 saturated heterocycles. The number of rotatable bonds is 7. The van der Waals surface area contributed by atoms with Gasteiger partial charge in [0, 0.05) is 5.75 Å². The molecule has 0 spiro atoms. The number of thioether (sulfide) groups is 1. The number of hydrogen-bond acceptors (Lipinski definition) is 5. The molecule has 0 aliphatic carbocycles. The summed E-state index contributed by atoms with van der Waals surface area (Å²) in [5, 5.41) is 12.8. The number of nitriles is 1. The third kappa shape index (κ3) is 4.69. The van der Waals surface area contributed by atoms with Crippen LogP contribution in [0.4, 0.5) is 0 Å². The van der Waals surface area contributed by atoms with E-state index in [4.69, 9.17) is 9.68 Å². The van der Waals surface area contributed by atoms with Gasteiger partial charge in [-0.3, -0.25) is 0 Å². The molecule has 0 amide bonds. The smallest absolute Gasteiger partial charge is 0.255 e. The molecule has 5 heteroatoms. The van der Waals surface area contributed by atoms with Gasteiger partial charge in [0.15, 0.2) is 0 Å². The Labute approximate surface area is 100 Å². The Kier molecular flexibility index (Phi) is 5.98. The molecule has 0 bridgehead atoms. The molecule has 1 rings (SSSR count). The van der Waals surface area contributed by atoms with Gasteiger partial charge in [0.2, 0.25) is 0 Å². The highest BCUT2D eigenvalue weighted by Gasteiger charge is 2.07. The molecule has 1 N–H and O–H groups in total. The van der Waals surface area contributed by atoms with Gasteiger partial charge < -0.3 is 9.73 Å². The molecule has 0 radical (unpaired) electrons. The summed E-state index contributed by atoms with van der Waals surface area (Å²) in [5.41, 5.74) is 0.892. The Morgan fingerprint density at radius 3 is 3.06 bits per heavy atom. The summed E-state index contributed by atoms with van der Waals surface area (Å²) in [6, 6.07) is 2.19. The van der Waals surface area contributed by atoms with Crippen molar-refractivity contribution in [2.24, 2.45) is 0 Å². The molecule has 88 valence electrons. The van der Waals surface area contributed by atoms with Crippen LogP contribution in [0.2, 0.25) is 0 Å². The van der Waals surface area contributed by atoms with Crippen LogP contribution in [0, 0.1) is 18.3 Å². The number of aryl methyl sites for hydroxylation is 1. The lowest BCUT2D eigenvalue weighted by Crippen LogP contribution is -2.28. The maximum Gasteiger partial charge on any atom is 0.255 e. The first kappa shape index (κ1) is 13.1. The molecule has 0 aromatic carbocycles. The molecule has 1 unspecified atom stereocenters. The van der Waals surface area contributed by atoms with Crippen molar-refractivity contribution in [1.82, 2.24) is 10.3 Å². The van der Waals surface area contributed by atoms with Gasteiger partial charge in [0.05, 0.1) is 17.8 Å². The van der Waals surface area contributed by atoms with Crippen LogP contribution in [0.25, 0.3) is 0 Å². The lowest BCUT2D eigenvalue weighted by atomic mass is 10.2. The Morgan fingerprint density at radius 2 is 2.50 bits per heavy atom. The third-order valence-corrected chi connectivity index (χ3v) is 2.90. The van der Waals surface area contributed by atoms with Gasteiger partial charge in [0.1, 0.15) is 6.26 Å².